The Bertz CT molecular complexity index is 544. The zero-order chi connectivity index (χ0) is 13.5. The lowest BCUT2D eigenvalue weighted by molar-refractivity contribution is 0.327. The number of alkyl halides is 1. The van der Waals surface area contributed by atoms with Gasteiger partial charge in [0, 0.05) is 5.75 Å². The van der Waals surface area contributed by atoms with E-state index in [1.807, 2.05) is 30.3 Å². The summed E-state index contributed by atoms with van der Waals surface area (Å²) in [6.45, 7) is 0.696. The van der Waals surface area contributed by atoms with Gasteiger partial charge in [0.1, 0.15) is 12.4 Å². The molecule has 0 radical (unpaired) electrons. The first kappa shape index (κ1) is 14.9. The summed E-state index contributed by atoms with van der Waals surface area (Å²) in [5.41, 5.74) is 0. The number of halogens is 1. The largest absolute Gasteiger partial charge is 0.492 e. The highest BCUT2D eigenvalue weighted by Crippen LogP contribution is 2.17. The molecule has 1 heterocycles. The molecule has 19 heavy (non-hydrogen) atoms. The molecule has 0 aliphatic heterocycles. The summed E-state index contributed by atoms with van der Waals surface area (Å²) in [6.07, 6.45) is 0. The van der Waals surface area contributed by atoms with E-state index in [4.69, 9.17) is 21.4 Å². The number of para-hydroxylation sites is 1. The minimum Gasteiger partial charge on any atom is -0.492 e. The zero-order valence-corrected chi connectivity index (χ0v) is 13.8. The lowest BCUT2D eigenvalue weighted by Crippen LogP contribution is -2.13. The van der Waals surface area contributed by atoms with E-state index in [1.54, 1.807) is 11.8 Å². The third-order valence-corrected chi connectivity index (χ3v) is 4.84. The van der Waals surface area contributed by atoms with Crippen LogP contribution in [0, 0.1) is 4.84 Å². The average Bonchev–Trinajstić information content (AvgIpc) is 2.83. The highest BCUT2D eigenvalue weighted by molar-refractivity contribution is 14.1. The van der Waals surface area contributed by atoms with Crippen LogP contribution in [0.4, 0.5) is 0 Å². The molecule has 2 aromatic rings. The summed E-state index contributed by atoms with van der Waals surface area (Å²) in [6, 6.07) is 9.84. The highest BCUT2D eigenvalue weighted by atomic mass is 127. The van der Waals surface area contributed by atoms with Gasteiger partial charge in [0.15, 0.2) is 0 Å². The van der Waals surface area contributed by atoms with Crippen LogP contribution in [0.2, 0.25) is 0 Å². The van der Waals surface area contributed by atoms with Gasteiger partial charge in [-0.15, -0.1) is 5.10 Å². The maximum atomic E-state index is 5.69. The molecule has 1 unspecified atom stereocenters. The van der Waals surface area contributed by atoms with E-state index in [1.165, 1.54) is 0 Å². The molecule has 2 rings (SSSR count). The second-order valence-corrected chi connectivity index (χ2v) is 6.91. The van der Waals surface area contributed by atoms with E-state index in [9.17, 15) is 0 Å². The molecule has 4 nitrogen and oxygen atoms in total. The van der Waals surface area contributed by atoms with Crippen molar-refractivity contribution in [3.63, 3.8) is 0 Å². The first-order valence-corrected chi connectivity index (χ1v) is 8.49. The third kappa shape index (κ3) is 5.53. The standard InChI is InChI=1S/C12H13IN2O2S2/c13-9(6-16-10-4-2-1-3-5-10)7-19-8-11-14-15-12(18)17-11/h1-5,9H,6-8H2,(H,15,18). The Hall–Kier alpha value is -0.540. The molecule has 1 aromatic carbocycles. The summed E-state index contributed by atoms with van der Waals surface area (Å²) >= 11 is 8.96. The number of aromatic amines is 1. The van der Waals surface area contributed by atoms with Crippen LogP contribution in [0.3, 0.4) is 0 Å². The molecular weight excluding hydrogens is 395 g/mol. The number of hydrogen-bond donors (Lipinski definition) is 1. The van der Waals surface area contributed by atoms with Gasteiger partial charge in [0.05, 0.1) is 9.68 Å². The van der Waals surface area contributed by atoms with Gasteiger partial charge in [0.2, 0.25) is 5.89 Å². The number of nitrogens with zero attached hydrogens (tertiary/aromatic N) is 1. The number of aromatic nitrogens is 2. The van der Waals surface area contributed by atoms with E-state index in [-0.39, 0.29) is 0 Å². The quantitative estimate of drug-likeness (QED) is 0.429. The smallest absolute Gasteiger partial charge is 0.284 e. The predicted molar refractivity (Wildman–Crippen MR) is 87.6 cm³/mol. The predicted octanol–water partition coefficient (Wildman–Crippen LogP) is 3.85. The second kappa shape index (κ2) is 7.91. The number of ether oxygens (including phenoxy) is 1. The van der Waals surface area contributed by atoms with E-state index in [0.717, 1.165) is 17.3 Å². The summed E-state index contributed by atoms with van der Waals surface area (Å²) in [7, 11) is 0. The van der Waals surface area contributed by atoms with Gasteiger partial charge in [-0.1, -0.05) is 40.8 Å². The molecule has 0 amide bonds. The average molecular weight is 408 g/mol. The summed E-state index contributed by atoms with van der Waals surface area (Å²) in [5.74, 6) is 3.25. The molecule has 0 saturated heterocycles. The van der Waals surface area contributed by atoms with E-state index >= 15 is 0 Å². The summed E-state index contributed by atoms with van der Waals surface area (Å²) < 4.78 is 11.3. The number of rotatable bonds is 7. The van der Waals surface area contributed by atoms with Crippen LogP contribution in [-0.2, 0) is 5.75 Å². The van der Waals surface area contributed by atoms with Crippen molar-refractivity contribution in [3.8, 4) is 5.75 Å². The second-order valence-electron chi connectivity index (χ2n) is 3.74. The Labute approximate surface area is 134 Å². The fourth-order valence-corrected chi connectivity index (χ4v) is 3.20. The van der Waals surface area contributed by atoms with Gasteiger partial charge in [-0.25, -0.2) is 5.10 Å². The van der Waals surface area contributed by atoms with Crippen LogP contribution in [0.5, 0.6) is 5.75 Å². The molecule has 0 aliphatic carbocycles. The fourth-order valence-electron chi connectivity index (χ4n) is 1.35. The molecule has 0 saturated carbocycles. The van der Waals surface area contributed by atoms with Gasteiger partial charge in [-0.05, 0) is 24.4 Å². The first-order chi connectivity index (χ1) is 9.24. The van der Waals surface area contributed by atoms with Crippen molar-refractivity contribution in [3.05, 3.63) is 41.1 Å². The molecule has 0 spiro atoms. The number of thioether (sulfide) groups is 1. The van der Waals surface area contributed by atoms with Crippen LogP contribution >= 0.6 is 46.6 Å². The third-order valence-electron chi connectivity index (χ3n) is 2.18. The molecule has 0 bridgehead atoms. The van der Waals surface area contributed by atoms with Crippen LogP contribution in [0.1, 0.15) is 5.89 Å². The minimum atomic E-state index is 0.328. The Balaban J connectivity index is 1.64. The molecular formula is C12H13IN2O2S2. The number of H-pyrrole nitrogens is 1. The SMILES string of the molecule is S=c1[nH]nc(CSCC(I)COc2ccccc2)o1. The number of hydrogen-bond acceptors (Lipinski definition) is 5. The number of nitrogens with one attached hydrogen (secondary N) is 1. The van der Waals surface area contributed by atoms with Gasteiger partial charge in [0.25, 0.3) is 4.84 Å². The Morgan fingerprint density at radius 1 is 1.42 bits per heavy atom. The molecule has 0 aliphatic rings. The molecule has 7 heteroatoms. The molecule has 1 aromatic heterocycles. The monoisotopic (exact) mass is 408 g/mol. The highest BCUT2D eigenvalue weighted by Gasteiger charge is 2.07. The lowest BCUT2D eigenvalue weighted by atomic mass is 10.3. The van der Waals surface area contributed by atoms with Crippen molar-refractivity contribution < 1.29 is 9.15 Å². The topological polar surface area (TPSA) is 51.0 Å². The van der Waals surface area contributed by atoms with Crippen LogP contribution in [0.25, 0.3) is 0 Å². The fraction of sp³-hybridized carbons (Fsp3) is 0.333. The Morgan fingerprint density at radius 3 is 2.89 bits per heavy atom. The van der Waals surface area contributed by atoms with Gasteiger partial charge >= 0.3 is 0 Å². The molecule has 1 N–H and O–H groups in total. The number of benzene rings is 1. The summed E-state index contributed by atoms with van der Waals surface area (Å²) in [5, 5.41) is 6.57. The maximum Gasteiger partial charge on any atom is 0.284 e. The van der Waals surface area contributed by atoms with Crippen molar-refractivity contribution >= 4 is 46.6 Å². The summed E-state index contributed by atoms with van der Waals surface area (Å²) in [4.78, 5) is 0.328. The van der Waals surface area contributed by atoms with Crippen LogP contribution in [0.15, 0.2) is 34.7 Å². The van der Waals surface area contributed by atoms with Crippen molar-refractivity contribution in [1.82, 2.24) is 10.2 Å². The normalized spacial score (nSPS) is 12.3. The van der Waals surface area contributed by atoms with Gasteiger partial charge < -0.3 is 9.15 Å². The zero-order valence-electron chi connectivity index (χ0n) is 10.0. The van der Waals surface area contributed by atoms with E-state index in [2.05, 4.69) is 32.8 Å². The molecule has 0 fully saturated rings. The minimum absolute atomic E-state index is 0.328. The van der Waals surface area contributed by atoms with E-state index in [0.29, 0.717) is 21.3 Å². The van der Waals surface area contributed by atoms with Gasteiger partial charge in [-0.3, -0.25) is 0 Å². The lowest BCUT2D eigenvalue weighted by Gasteiger charge is -2.10. The van der Waals surface area contributed by atoms with Crippen molar-refractivity contribution in [2.75, 3.05) is 12.4 Å². The van der Waals surface area contributed by atoms with Gasteiger partial charge in [-0.2, -0.15) is 11.8 Å². The van der Waals surface area contributed by atoms with Crippen molar-refractivity contribution in [2.45, 2.75) is 9.68 Å². The van der Waals surface area contributed by atoms with Crippen LogP contribution in [-0.4, -0.2) is 26.5 Å². The van der Waals surface area contributed by atoms with E-state index < -0.39 is 0 Å². The first-order valence-electron chi connectivity index (χ1n) is 5.68. The van der Waals surface area contributed by atoms with Crippen molar-refractivity contribution in [2.24, 2.45) is 0 Å². The van der Waals surface area contributed by atoms with Crippen molar-refractivity contribution in [1.29, 1.82) is 0 Å². The Kier molecular flexibility index (Phi) is 6.18. The Morgan fingerprint density at radius 2 is 2.21 bits per heavy atom. The maximum absolute atomic E-state index is 5.69. The molecule has 102 valence electrons. The van der Waals surface area contributed by atoms with Crippen LogP contribution < -0.4 is 4.74 Å². The molecule has 1 atom stereocenters.